The van der Waals surface area contributed by atoms with Crippen LogP contribution in [-0.2, 0) is 4.79 Å². The van der Waals surface area contributed by atoms with Crippen molar-refractivity contribution in [2.24, 2.45) is 0 Å². The van der Waals surface area contributed by atoms with Gasteiger partial charge in [-0.05, 0) is 41.5 Å². The normalized spacial score (nSPS) is 15.7. The van der Waals surface area contributed by atoms with Crippen LogP contribution in [0, 0.1) is 0 Å². The van der Waals surface area contributed by atoms with Crippen LogP contribution in [0.4, 0.5) is 5.88 Å². The summed E-state index contributed by atoms with van der Waals surface area (Å²) in [6, 6.07) is 20.7. The molecule has 1 aliphatic heterocycles. The molecule has 122 valence electrons. The second kappa shape index (κ2) is 6.46. The monoisotopic (exact) mass is 347 g/mol. The Labute approximate surface area is 150 Å². The number of amides is 1. The van der Waals surface area contributed by atoms with Gasteiger partial charge in [0.2, 0.25) is 5.88 Å². The minimum atomic E-state index is -0.122. The van der Waals surface area contributed by atoms with Gasteiger partial charge in [-0.25, -0.2) is 4.90 Å². The third-order valence-corrected chi connectivity index (χ3v) is 4.22. The van der Waals surface area contributed by atoms with E-state index in [-0.39, 0.29) is 5.91 Å². The van der Waals surface area contributed by atoms with E-state index in [4.69, 9.17) is 16.0 Å². The van der Waals surface area contributed by atoms with Crippen LogP contribution in [0.2, 0.25) is 5.02 Å². The van der Waals surface area contributed by atoms with E-state index in [0.717, 1.165) is 16.8 Å². The predicted molar refractivity (Wildman–Crippen MR) is 100 cm³/mol. The van der Waals surface area contributed by atoms with E-state index >= 15 is 0 Å². The van der Waals surface area contributed by atoms with Crippen LogP contribution in [-0.4, -0.2) is 5.91 Å². The molecule has 1 aromatic heterocycles. The van der Waals surface area contributed by atoms with E-state index in [1.807, 2.05) is 54.6 Å². The standard InChI is InChI=1S/C21H14ClNO2/c22-18-10-8-16(9-11-18)19-14-17(13-15-5-2-1-3-6-15)21(24)23(19)20-7-4-12-25-20/h1-14H/b17-13+. The van der Waals surface area contributed by atoms with E-state index in [1.54, 1.807) is 35.4 Å². The van der Waals surface area contributed by atoms with E-state index in [9.17, 15) is 4.79 Å². The van der Waals surface area contributed by atoms with Gasteiger partial charge in [0.05, 0.1) is 12.0 Å². The van der Waals surface area contributed by atoms with Gasteiger partial charge < -0.3 is 4.42 Å². The number of carbonyl (C=O) groups excluding carboxylic acids is 1. The summed E-state index contributed by atoms with van der Waals surface area (Å²) in [7, 11) is 0. The molecule has 1 amide bonds. The Morgan fingerprint density at radius 3 is 2.36 bits per heavy atom. The van der Waals surface area contributed by atoms with Gasteiger partial charge in [0, 0.05) is 16.7 Å². The Hall–Kier alpha value is -3.04. The van der Waals surface area contributed by atoms with Gasteiger partial charge >= 0.3 is 0 Å². The summed E-state index contributed by atoms with van der Waals surface area (Å²) in [6.07, 6.45) is 5.31. The Kier molecular flexibility index (Phi) is 4.00. The first-order valence-corrected chi connectivity index (χ1v) is 8.22. The lowest BCUT2D eigenvalue weighted by atomic mass is 10.1. The Morgan fingerprint density at radius 2 is 1.68 bits per heavy atom. The zero-order valence-electron chi connectivity index (χ0n) is 13.2. The van der Waals surface area contributed by atoms with Crippen LogP contribution in [0.15, 0.2) is 89.1 Å². The molecular weight excluding hydrogens is 334 g/mol. The van der Waals surface area contributed by atoms with Gasteiger partial charge in [0.1, 0.15) is 0 Å². The molecule has 0 aliphatic carbocycles. The van der Waals surface area contributed by atoms with Crippen molar-refractivity contribution in [2.45, 2.75) is 0 Å². The molecule has 0 radical (unpaired) electrons. The number of furan rings is 1. The van der Waals surface area contributed by atoms with Gasteiger partial charge in [-0.2, -0.15) is 0 Å². The van der Waals surface area contributed by atoms with E-state index in [2.05, 4.69) is 0 Å². The summed E-state index contributed by atoms with van der Waals surface area (Å²) >= 11 is 5.99. The fraction of sp³-hybridized carbons (Fsp3) is 0. The molecule has 0 atom stereocenters. The third-order valence-electron chi connectivity index (χ3n) is 3.97. The molecule has 0 unspecified atom stereocenters. The van der Waals surface area contributed by atoms with Crippen LogP contribution in [0.5, 0.6) is 0 Å². The number of anilines is 1. The largest absolute Gasteiger partial charge is 0.448 e. The summed E-state index contributed by atoms with van der Waals surface area (Å²) < 4.78 is 5.47. The zero-order valence-corrected chi connectivity index (χ0v) is 14.0. The molecule has 0 saturated heterocycles. The average molecular weight is 348 g/mol. The number of rotatable bonds is 3. The Bertz CT molecular complexity index is 955. The summed E-state index contributed by atoms with van der Waals surface area (Å²) in [5.74, 6) is 0.367. The van der Waals surface area contributed by atoms with Gasteiger partial charge in [0.15, 0.2) is 0 Å². The number of hydrogen-bond donors (Lipinski definition) is 0. The van der Waals surface area contributed by atoms with Crippen molar-refractivity contribution in [3.63, 3.8) is 0 Å². The molecule has 3 nitrogen and oxygen atoms in total. The van der Waals surface area contributed by atoms with Crippen molar-refractivity contribution < 1.29 is 9.21 Å². The van der Waals surface area contributed by atoms with Gasteiger partial charge in [-0.1, -0.05) is 54.1 Å². The van der Waals surface area contributed by atoms with Crippen molar-refractivity contribution in [2.75, 3.05) is 4.90 Å². The van der Waals surface area contributed by atoms with Gasteiger partial charge in [-0.3, -0.25) is 4.79 Å². The summed E-state index contributed by atoms with van der Waals surface area (Å²) in [4.78, 5) is 14.6. The third kappa shape index (κ3) is 3.02. The molecule has 0 spiro atoms. The predicted octanol–water partition coefficient (Wildman–Crippen LogP) is 5.40. The highest BCUT2D eigenvalue weighted by molar-refractivity contribution is 6.30. The molecule has 3 aromatic rings. The van der Waals surface area contributed by atoms with E-state index < -0.39 is 0 Å². The van der Waals surface area contributed by atoms with E-state index in [1.165, 1.54) is 0 Å². The minimum absolute atomic E-state index is 0.122. The first kappa shape index (κ1) is 15.5. The molecule has 25 heavy (non-hydrogen) atoms. The van der Waals surface area contributed by atoms with Gasteiger partial charge in [-0.15, -0.1) is 0 Å². The number of hydrogen-bond acceptors (Lipinski definition) is 2. The fourth-order valence-corrected chi connectivity index (χ4v) is 2.92. The Morgan fingerprint density at radius 1 is 0.920 bits per heavy atom. The van der Waals surface area contributed by atoms with Crippen LogP contribution in [0.3, 0.4) is 0 Å². The molecule has 0 fully saturated rings. The molecule has 4 heteroatoms. The lowest BCUT2D eigenvalue weighted by Crippen LogP contribution is -2.24. The fourth-order valence-electron chi connectivity index (χ4n) is 2.79. The molecular formula is C21H14ClNO2. The first-order valence-electron chi connectivity index (χ1n) is 7.85. The second-order valence-electron chi connectivity index (χ2n) is 5.64. The SMILES string of the molecule is O=C1/C(=C/c2ccccc2)C=C(c2ccc(Cl)cc2)N1c1ccco1. The summed E-state index contributed by atoms with van der Waals surface area (Å²) in [6.45, 7) is 0. The maximum absolute atomic E-state index is 13.0. The van der Waals surface area contributed by atoms with Crippen LogP contribution >= 0.6 is 11.6 Å². The second-order valence-corrected chi connectivity index (χ2v) is 6.08. The number of nitrogens with zero attached hydrogens (tertiary/aromatic N) is 1. The van der Waals surface area contributed by atoms with Crippen LogP contribution in [0.25, 0.3) is 11.8 Å². The zero-order chi connectivity index (χ0) is 17.2. The topological polar surface area (TPSA) is 33.5 Å². The Balaban J connectivity index is 1.81. The molecule has 0 N–H and O–H groups in total. The molecule has 2 aromatic carbocycles. The summed E-state index contributed by atoms with van der Waals surface area (Å²) in [5.41, 5.74) is 3.23. The smallest absolute Gasteiger partial charge is 0.265 e. The number of halogens is 1. The lowest BCUT2D eigenvalue weighted by molar-refractivity contribution is -0.113. The summed E-state index contributed by atoms with van der Waals surface area (Å²) in [5, 5.41) is 0.651. The van der Waals surface area contributed by atoms with Crippen molar-refractivity contribution in [3.8, 4) is 0 Å². The quantitative estimate of drug-likeness (QED) is 0.594. The van der Waals surface area contributed by atoms with Crippen LogP contribution in [0.1, 0.15) is 11.1 Å². The number of benzene rings is 2. The van der Waals surface area contributed by atoms with E-state index in [0.29, 0.717) is 16.5 Å². The first-order chi connectivity index (χ1) is 12.2. The van der Waals surface area contributed by atoms with Crippen LogP contribution < -0.4 is 4.90 Å². The lowest BCUT2D eigenvalue weighted by Gasteiger charge is -2.17. The molecule has 4 rings (SSSR count). The number of carbonyl (C=O) groups is 1. The highest BCUT2D eigenvalue weighted by atomic mass is 35.5. The maximum Gasteiger partial charge on any atom is 0.265 e. The van der Waals surface area contributed by atoms with Gasteiger partial charge in [0.25, 0.3) is 5.91 Å². The van der Waals surface area contributed by atoms with Crippen molar-refractivity contribution in [1.29, 1.82) is 0 Å². The molecule has 1 aliphatic rings. The van der Waals surface area contributed by atoms with Crippen molar-refractivity contribution in [3.05, 3.63) is 101 Å². The highest BCUT2D eigenvalue weighted by Gasteiger charge is 2.31. The van der Waals surface area contributed by atoms with Crippen molar-refractivity contribution >= 4 is 35.2 Å². The molecule has 2 heterocycles. The average Bonchev–Trinajstić information content (AvgIpc) is 3.25. The van der Waals surface area contributed by atoms with Crippen molar-refractivity contribution in [1.82, 2.24) is 0 Å². The minimum Gasteiger partial charge on any atom is -0.448 e. The molecule has 0 bridgehead atoms. The maximum atomic E-state index is 13.0. The molecule has 0 saturated carbocycles. The highest BCUT2D eigenvalue weighted by Crippen LogP contribution is 2.35.